The van der Waals surface area contributed by atoms with Crippen LogP contribution in [0.3, 0.4) is 0 Å². The van der Waals surface area contributed by atoms with Crippen molar-refractivity contribution < 1.29 is 9.53 Å². The molecule has 0 fully saturated rings. The molecular formula is C20H19ClN4O2. The molecule has 27 heavy (non-hydrogen) atoms. The van der Waals surface area contributed by atoms with Crippen LogP contribution in [0.4, 0.5) is 11.6 Å². The Balaban J connectivity index is 1.70. The second kappa shape index (κ2) is 9.00. The van der Waals surface area contributed by atoms with Gasteiger partial charge in [-0.15, -0.1) is 0 Å². The van der Waals surface area contributed by atoms with Gasteiger partial charge in [-0.2, -0.15) is 0 Å². The fourth-order valence-corrected chi connectivity index (χ4v) is 2.63. The third-order valence-electron chi connectivity index (χ3n) is 3.72. The summed E-state index contributed by atoms with van der Waals surface area (Å²) in [7, 11) is 0. The van der Waals surface area contributed by atoms with Gasteiger partial charge in [0.2, 0.25) is 5.95 Å². The first-order chi connectivity index (χ1) is 13.2. The molecule has 3 rings (SSSR count). The van der Waals surface area contributed by atoms with Gasteiger partial charge in [0.05, 0.1) is 12.3 Å². The zero-order valence-corrected chi connectivity index (χ0v) is 15.5. The SMILES string of the molecule is CCOc1ccccc1NC(=O)c1ccnc(NCc2ccccc2Cl)n1. The van der Waals surface area contributed by atoms with Gasteiger partial charge in [-0.1, -0.05) is 41.9 Å². The Kier molecular flexibility index (Phi) is 6.22. The van der Waals surface area contributed by atoms with Crippen molar-refractivity contribution >= 4 is 29.1 Å². The van der Waals surface area contributed by atoms with Crippen molar-refractivity contribution in [3.8, 4) is 5.75 Å². The molecule has 2 aromatic carbocycles. The molecule has 0 aliphatic heterocycles. The van der Waals surface area contributed by atoms with Crippen LogP contribution < -0.4 is 15.4 Å². The van der Waals surface area contributed by atoms with Gasteiger partial charge in [-0.05, 0) is 36.8 Å². The number of hydrogen-bond acceptors (Lipinski definition) is 5. The Bertz CT molecular complexity index is 933. The van der Waals surface area contributed by atoms with Crippen molar-refractivity contribution in [3.63, 3.8) is 0 Å². The minimum Gasteiger partial charge on any atom is -0.492 e. The summed E-state index contributed by atoms with van der Waals surface area (Å²) in [5.41, 5.74) is 1.76. The highest BCUT2D eigenvalue weighted by atomic mass is 35.5. The summed E-state index contributed by atoms with van der Waals surface area (Å²) in [6.45, 7) is 2.86. The van der Waals surface area contributed by atoms with E-state index in [0.29, 0.717) is 35.6 Å². The standard InChI is InChI=1S/C20H19ClN4O2/c1-2-27-18-10-6-5-9-16(18)24-19(26)17-11-12-22-20(25-17)23-13-14-7-3-4-8-15(14)21/h3-12H,2,13H2,1H3,(H,24,26)(H,22,23,25). The van der Waals surface area contributed by atoms with E-state index in [2.05, 4.69) is 20.6 Å². The molecule has 1 amide bonds. The van der Waals surface area contributed by atoms with Crippen molar-refractivity contribution in [3.05, 3.63) is 77.1 Å². The summed E-state index contributed by atoms with van der Waals surface area (Å²) < 4.78 is 5.52. The van der Waals surface area contributed by atoms with Crippen LogP contribution in [0.15, 0.2) is 60.8 Å². The predicted octanol–water partition coefficient (Wildman–Crippen LogP) is 4.39. The number of rotatable bonds is 7. The first kappa shape index (κ1) is 18.7. The van der Waals surface area contributed by atoms with E-state index in [1.54, 1.807) is 18.2 Å². The summed E-state index contributed by atoms with van der Waals surface area (Å²) in [5.74, 6) is 0.616. The highest BCUT2D eigenvalue weighted by Gasteiger charge is 2.12. The molecule has 0 unspecified atom stereocenters. The summed E-state index contributed by atoms with van der Waals surface area (Å²) in [4.78, 5) is 21.0. The fourth-order valence-electron chi connectivity index (χ4n) is 2.42. The number of carbonyl (C=O) groups is 1. The molecular weight excluding hydrogens is 364 g/mol. The smallest absolute Gasteiger partial charge is 0.274 e. The maximum Gasteiger partial charge on any atom is 0.274 e. The van der Waals surface area contributed by atoms with Crippen molar-refractivity contribution in [2.45, 2.75) is 13.5 Å². The lowest BCUT2D eigenvalue weighted by molar-refractivity contribution is 0.102. The molecule has 2 N–H and O–H groups in total. The largest absolute Gasteiger partial charge is 0.492 e. The number of hydrogen-bond donors (Lipinski definition) is 2. The number of amides is 1. The lowest BCUT2D eigenvalue weighted by Gasteiger charge is -2.11. The third kappa shape index (κ3) is 4.95. The number of para-hydroxylation sites is 2. The van der Waals surface area contributed by atoms with E-state index in [0.717, 1.165) is 5.56 Å². The summed E-state index contributed by atoms with van der Waals surface area (Å²) in [6, 6.07) is 16.3. The molecule has 0 atom stereocenters. The van der Waals surface area contributed by atoms with E-state index in [1.807, 2.05) is 43.3 Å². The minimum absolute atomic E-state index is 0.248. The average Bonchev–Trinajstić information content (AvgIpc) is 2.69. The number of anilines is 2. The van der Waals surface area contributed by atoms with Crippen molar-refractivity contribution in [1.29, 1.82) is 0 Å². The Morgan fingerprint density at radius 3 is 2.70 bits per heavy atom. The van der Waals surface area contributed by atoms with Crippen molar-refractivity contribution in [1.82, 2.24) is 9.97 Å². The van der Waals surface area contributed by atoms with Gasteiger partial charge in [-0.3, -0.25) is 4.79 Å². The van der Waals surface area contributed by atoms with Crippen LogP contribution >= 0.6 is 11.6 Å². The number of aromatic nitrogens is 2. The monoisotopic (exact) mass is 382 g/mol. The van der Waals surface area contributed by atoms with Gasteiger partial charge >= 0.3 is 0 Å². The normalized spacial score (nSPS) is 10.3. The topological polar surface area (TPSA) is 76.1 Å². The molecule has 1 aromatic heterocycles. The lowest BCUT2D eigenvalue weighted by Crippen LogP contribution is -2.16. The first-order valence-corrected chi connectivity index (χ1v) is 8.88. The van der Waals surface area contributed by atoms with Crippen LogP contribution in [0, 0.1) is 0 Å². The quantitative estimate of drug-likeness (QED) is 0.633. The molecule has 0 saturated carbocycles. The van der Waals surface area contributed by atoms with Crippen molar-refractivity contribution in [2.75, 3.05) is 17.2 Å². The maximum absolute atomic E-state index is 12.5. The van der Waals surface area contributed by atoms with Crippen LogP contribution in [0.1, 0.15) is 23.0 Å². The summed E-state index contributed by atoms with van der Waals surface area (Å²) in [6.07, 6.45) is 1.53. The Morgan fingerprint density at radius 2 is 1.89 bits per heavy atom. The lowest BCUT2D eigenvalue weighted by atomic mass is 10.2. The van der Waals surface area contributed by atoms with Gasteiger partial charge in [0.15, 0.2) is 0 Å². The van der Waals surface area contributed by atoms with Gasteiger partial charge in [0.1, 0.15) is 11.4 Å². The molecule has 138 valence electrons. The molecule has 6 nitrogen and oxygen atoms in total. The van der Waals surface area contributed by atoms with Gasteiger partial charge < -0.3 is 15.4 Å². The number of nitrogens with one attached hydrogen (secondary N) is 2. The summed E-state index contributed by atoms with van der Waals surface area (Å²) >= 11 is 6.15. The highest BCUT2D eigenvalue weighted by molar-refractivity contribution is 6.31. The molecule has 0 aliphatic carbocycles. The predicted molar refractivity (Wildman–Crippen MR) is 106 cm³/mol. The summed E-state index contributed by atoms with van der Waals surface area (Å²) in [5, 5.41) is 6.56. The number of nitrogens with zero attached hydrogens (tertiary/aromatic N) is 2. The maximum atomic E-state index is 12.5. The molecule has 7 heteroatoms. The minimum atomic E-state index is -0.342. The van der Waals surface area contributed by atoms with E-state index < -0.39 is 0 Å². The number of ether oxygens (including phenoxy) is 1. The van der Waals surface area contributed by atoms with E-state index in [1.165, 1.54) is 6.20 Å². The average molecular weight is 383 g/mol. The second-order valence-corrected chi connectivity index (χ2v) is 6.00. The fraction of sp³-hybridized carbons (Fsp3) is 0.150. The van der Waals surface area contributed by atoms with Crippen LogP contribution in [0.5, 0.6) is 5.75 Å². The number of benzene rings is 2. The van der Waals surface area contributed by atoms with E-state index in [-0.39, 0.29) is 11.6 Å². The highest BCUT2D eigenvalue weighted by Crippen LogP contribution is 2.24. The number of carbonyl (C=O) groups excluding carboxylic acids is 1. The molecule has 0 aliphatic rings. The van der Waals surface area contributed by atoms with Gasteiger partial charge in [-0.25, -0.2) is 9.97 Å². The van der Waals surface area contributed by atoms with Crippen molar-refractivity contribution in [2.24, 2.45) is 0 Å². The molecule has 0 saturated heterocycles. The molecule has 0 spiro atoms. The third-order valence-corrected chi connectivity index (χ3v) is 4.09. The number of halogens is 1. The van der Waals surface area contributed by atoms with E-state index >= 15 is 0 Å². The van der Waals surface area contributed by atoms with E-state index in [4.69, 9.17) is 16.3 Å². The van der Waals surface area contributed by atoms with Crippen LogP contribution in [-0.4, -0.2) is 22.5 Å². The molecule has 1 heterocycles. The Hall–Kier alpha value is -3.12. The zero-order chi connectivity index (χ0) is 19.1. The molecule has 0 radical (unpaired) electrons. The second-order valence-electron chi connectivity index (χ2n) is 5.59. The Morgan fingerprint density at radius 1 is 1.11 bits per heavy atom. The molecule has 3 aromatic rings. The molecule has 0 bridgehead atoms. The van der Waals surface area contributed by atoms with E-state index in [9.17, 15) is 4.79 Å². The zero-order valence-electron chi connectivity index (χ0n) is 14.8. The van der Waals surface area contributed by atoms with Gasteiger partial charge in [0, 0.05) is 17.8 Å². The van der Waals surface area contributed by atoms with Crippen LogP contribution in [0.25, 0.3) is 0 Å². The Labute approximate surface area is 162 Å². The van der Waals surface area contributed by atoms with Gasteiger partial charge in [0.25, 0.3) is 5.91 Å². The first-order valence-electron chi connectivity index (χ1n) is 8.51. The van der Waals surface area contributed by atoms with Crippen LogP contribution in [0.2, 0.25) is 5.02 Å². The van der Waals surface area contributed by atoms with Crippen LogP contribution in [-0.2, 0) is 6.54 Å².